The Kier molecular flexibility index (Phi) is 6.80. The van der Waals surface area contributed by atoms with Crippen LogP contribution in [0.5, 0.6) is 23.0 Å². The summed E-state index contributed by atoms with van der Waals surface area (Å²) in [5.41, 5.74) is -0.0774. The number of hydrogen-bond acceptors (Lipinski definition) is 6. The Balaban J connectivity index is 1.99. The number of ketones is 1. The maximum Gasteiger partial charge on any atom is 0.573 e. The first-order valence-corrected chi connectivity index (χ1v) is 9.25. The highest BCUT2D eigenvalue weighted by atomic mass is 19.4. The van der Waals surface area contributed by atoms with Gasteiger partial charge in [0.15, 0.2) is 17.3 Å². The maximum absolute atomic E-state index is 13.5. The number of Topliss-reactive ketones (excluding diaryl/α,β-unsaturated/α-hetero) is 1. The average Bonchev–Trinajstić information content (AvgIpc) is 2.75. The molecule has 1 heterocycles. The number of carbonyl (C=O) groups excluding carboxylic acids is 2. The molecule has 33 heavy (non-hydrogen) atoms. The van der Waals surface area contributed by atoms with Crippen LogP contribution in [0.15, 0.2) is 54.7 Å². The molecular weight excluding hydrogens is 448 g/mol. The van der Waals surface area contributed by atoms with Gasteiger partial charge >= 0.3 is 6.36 Å². The summed E-state index contributed by atoms with van der Waals surface area (Å²) in [5.74, 6) is -2.63. The van der Waals surface area contributed by atoms with Gasteiger partial charge in [-0.25, -0.2) is 4.39 Å². The van der Waals surface area contributed by atoms with Crippen LogP contribution in [-0.4, -0.2) is 30.1 Å². The Labute approximate surface area is 184 Å². The first kappa shape index (κ1) is 23.5. The van der Waals surface area contributed by atoms with Crippen molar-refractivity contribution >= 4 is 17.4 Å². The molecule has 0 atom stereocenters. The van der Waals surface area contributed by atoms with E-state index in [1.165, 1.54) is 38.4 Å². The number of ether oxygens (including phenoxy) is 3. The van der Waals surface area contributed by atoms with Gasteiger partial charge in [-0.05, 0) is 42.5 Å². The highest BCUT2D eigenvalue weighted by Crippen LogP contribution is 2.36. The van der Waals surface area contributed by atoms with E-state index in [0.717, 1.165) is 30.3 Å². The molecule has 2 aromatic carbocycles. The minimum atomic E-state index is -4.99. The number of anilines is 1. The quantitative estimate of drug-likeness (QED) is 0.374. The molecular formula is C22H16F4N2O5. The van der Waals surface area contributed by atoms with E-state index < -0.39 is 23.8 Å². The molecule has 0 aliphatic carbocycles. The number of amides is 1. The molecule has 0 aliphatic rings. The number of carbonyl (C=O) groups is 2. The second-order valence-electron chi connectivity index (χ2n) is 6.54. The van der Waals surface area contributed by atoms with Crippen molar-refractivity contribution in [2.45, 2.75) is 13.3 Å². The fourth-order valence-electron chi connectivity index (χ4n) is 2.72. The Hall–Kier alpha value is -4.15. The third-order valence-electron chi connectivity index (χ3n) is 4.15. The fraction of sp³-hybridized carbons (Fsp3) is 0.136. The minimum Gasteiger partial charge on any atom is -0.493 e. The zero-order valence-electron chi connectivity index (χ0n) is 17.2. The number of halogens is 4. The molecule has 0 aliphatic heterocycles. The van der Waals surface area contributed by atoms with Crippen LogP contribution in [0.25, 0.3) is 0 Å². The molecule has 0 unspecified atom stereocenters. The Morgan fingerprint density at radius 2 is 1.70 bits per heavy atom. The van der Waals surface area contributed by atoms with Crippen molar-refractivity contribution in [3.05, 3.63) is 71.8 Å². The summed E-state index contributed by atoms with van der Waals surface area (Å²) in [7, 11) is 1.27. The van der Waals surface area contributed by atoms with Crippen molar-refractivity contribution in [1.29, 1.82) is 0 Å². The lowest BCUT2D eigenvalue weighted by atomic mass is 10.1. The maximum atomic E-state index is 13.5. The number of nitrogens with zero attached hydrogens (tertiary/aromatic N) is 1. The zero-order chi connectivity index (χ0) is 24.2. The first-order chi connectivity index (χ1) is 15.6. The van der Waals surface area contributed by atoms with E-state index in [-0.39, 0.29) is 40.0 Å². The van der Waals surface area contributed by atoms with E-state index in [1.807, 2.05) is 0 Å². The summed E-state index contributed by atoms with van der Waals surface area (Å²) in [6, 6.07) is 8.93. The molecule has 0 saturated heterocycles. The number of hydrogen-bond donors (Lipinski definition) is 1. The molecule has 7 nitrogen and oxygen atoms in total. The molecule has 1 N–H and O–H groups in total. The molecule has 3 rings (SSSR count). The van der Waals surface area contributed by atoms with Gasteiger partial charge in [-0.1, -0.05) is 0 Å². The van der Waals surface area contributed by atoms with E-state index >= 15 is 0 Å². The van der Waals surface area contributed by atoms with Gasteiger partial charge in [0.2, 0.25) is 0 Å². The minimum absolute atomic E-state index is 0.00258. The van der Waals surface area contributed by atoms with Gasteiger partial charge in [0.05, 0.1) is 12.7 Å². The fourth-order valence-corrected chi connectivity index (χ4v) is 2.72. The van der Waals surface area contributed by atoms with Gasteiger partial charge in [0.1, 0.15) is 23.0 Å². The van der Waals surface area contributed by atoms with Crippen LogP contribution in [-0.2, 0) is 0 Å². The van der Waals surface area contributed by atoms with E-state index in [9.17, 15) is 27.2 Å². The first-order valence-electron chi connectivity index (χ1n) is 9.25. The second kappa shape index (κ2) is 9.55. The smallest absolute Gasteiger partial charge is 0.493 e. The molecule has 0 bridgehead atoms. The SMILES string of the molecule is COc1cc(F)ccc1Oc1ccc(OC(F)(F)F)cc1C(=O)Nc1ccnc(C(C)=O)c1. The number of aromatic nitrogens is 1. The van der Waals surface area contributed by atoms with Gasteiger partial charge in [-0.3, -0.25) is 14.6 Å². The molecule has 172 valence electrons. The van der Waals surface area contributed by atoms with E-state index in [2.05, 4.69) is 15.0 Å². The highest BCUT2D eigenvalue weighted by Gasteiger charge is 2.32. The molecule has 0 spiro atoms. The van der Waals surface area contributed by atoms with Crippen molar-refractivity contribution in [2.24, 2.45) is 0 Å². The number of methoxy groups -OCH3 is 1. The largest absolute Gasteiger partial charge is 0.573 e. The van der Waals surface area contributed by atoms with Crippen molar-refractivity contribution < 1.29 is 41.4 Å². The molecule has 1 aromatic heterocycles. The summed E-state index contributed by atoms with van der Waals surface area (Å²) in [6.07, 6.45) is -3.70. The van der Waals surface area contributed by atoms with Gasteiger partial charge < -0.3 is 19.5 Å². The van der Waals surface area contributed by atoms with Crippen LogP contribution < -0.4 is 19.5 Å². The van der Waals surface area contributed by atoms with Crippen LogP contribution >= 0.6 is 0 Å². The van der Waals surface area contributed by atoms with E-state index in [4.69, 9.17) is 9.47 Å². The van der Waals surface area contributed by atoms with Crippen LogP contribution in [0.1, 0.15) is 27.8 Å². The standard InChI is InChI=1S/C22H16F4N2O5/c1-12(29)17-10-14(7-8-27-17)28-21(30)16-11-15(33-22(24,25)26)4-6-18(16)32-19-5-3-13(23)9-20(19)31-2/h3-11H,1-2H3,(H,27,28,30). The normalized spacial score (nSPS) is 11.0. The van der Waals surface area contributed by atoms with Gasteiger partial charge in [0.25, 0.3) is 5.91 Å². The van der Waals surface area contributed by atoms with E-state index in [0.29, 0.717) is 0 Å². The summed E-state index contributed by atoms with van der Waals surface area (Å²) in [5, 5.41) is 2.47. The molecule has 0 fully saturated rings. The van der Waals surface area contributed by atoms with Gasteiger partial charge in [0, 0.05) is 24.9 Å². The second-order valence-corrected chi connectivity index (χ2v) is 6.54. The topological polar surface area (TPSA) is 86.8 Å². The number of pyridine rings is 1. The zero-order valence-corrected chi connectivity index (χ0v) is 17.2. The Morgan fingerprint density at radius 3 is 2.36 bits per heavy atom. The third-order valence-corrected chi connectivity index (χ3v) is 4.15. The summed E-state index contributed by atoms with van der Waals surface area (Å²) < 4.78 is 66.1. The van der Waals surface area contributed by atoms with Crippen molar-refractivity contribution in [2.75, 3.05) is 12.4 Å². The predicted octanol–water partition coefficient (Wildman–Crippen LogP) is 5.38. The summed E-state index contributed by atoms with van der Waals surface area (Å²) in [4.78, 5) is 28.3. The lowest BCUT2D eigenvalue weighted by molar-refractivity contribution is -0.274. The van der Waals surface area contributed by atoms with Crippen molar-refractivity contribution in [3.63, 3.8) is 0 Å². The molecule has 0 radical (unpaired) electrons. The summed E-state index contributed by atoms with van der Waals surface area (Å²) >= 11 is 0. The third kappa shape index (κ3) is 6.19. The van der Waals surface area contributed by atoms with Gasteiger partial charge in [-0.2, -0.15) is 0 Å². The highest BCUT2D eigenvalue weighted by molar-refractivity contribution is 6.07. The number of rotatable bonds is 7. The van der Waals surface area contributed by atoms with Crippen LogP contribution in [0.2, 0.25) is 0 Å². The molecule has 3 aromatic rings. The van der Waals surface area contributed by atoms with Gasteiger partial charge in [-0.15, -0.1) is 13.2 Å². The number of nitrogens with one attached hydrogen (secondary N) is 1. The monoisotopic (exact) mass is 464 g/mol. The number of alkyl halides is 3. The molecule has 1 amide bonds. The Bertz CT molecular complexity index is 1200. The van der Waals surface area contributed by atoms with Crippen LogP contribution in [0, 0.1) is 5.82 Å². The molecule has 0 saturated carbocycles. The lowest BCUT2D eigenvalue weighted by Gasteiger charge is -2.16. The van der Waals surface area contributed by atoms with Crippen molar-refractivity contribution in [3.8, 4) is 23.0 Å². The Morgan fingerprint density at radius 1 is 0.970 bits per heavy atom. The lowest BCUT2D eigenvalue weighted by Crippen LogP contribution is -2.18. The number of benzene rings is 2. The average molecular weight is 464 g/mol. The summed E-state index contributed by atoms with van der Waals surface area (Å²) in [6.45, 7) is 1.29. The van der Waals surface area contributed by atoms with Crippen LogP contribution in [0.3, 0.4) is 0 Å². The predicted molar refractivity (Wildman–Crippen MR) is 108 cm³/mol. The van der Waals surface area contributed by atoms with E-state index in [1.54, 1.807) is 0 Å². The van der Waals surface area contributed by atoms with Crippen LogP contribution in [0.4, 0.5) is 23.2 Å². The van der Waals surface area contributed by atoms with Crippen molar-refractivity contribution in [1.82, 2.24) is 4.98 Å². The molecule has 11 heteroatoms.